The molecule has 2 rings (SSSR count). The van der Waals surface area contributed by atoms with E-state index in [0.717, 1.165) is 5.56 Å². The van der Waals surface area contributed by atoms with Crippen molar-refractivity contribution in [1.29, 1.82) is 0 Å². The average molecular weight is 376 g/mol. The average Bonchev–Trinajstić information content (AvgIpc) is 2.54. The first-order chi connectivity index (χ1) is 11.3. The number of piperazine rings is 1. The minimum absolute atomic E-state index is 0.0683. The molecule has 1 fully saturated rings. The maximum absolute atomic E-state index is 12.0. The first-order valence-electron chi connectivity index (χ1n) is 7.95. The van der Waals surface area contributed by atoms with Crippen LogP contribution in [0.1, 0.15) is 5.56 Å². The molecule has 0 bridgehead atoms. The molecule has 0 aromatic heterocycles. The highest BCUT2D eigenvalue weighted by Gasteiger charge is 2.23. The van der Waals surface area contributed by atoms with Gasteiger partial charge in [-0.05, 0) is 12.0 Å². The number of nitrogens with one attached hydrogen (secondary N) is 1. The van der Waals surface area contributed by atoms with Crippen molar-refractivity contribution >= 4 is 20.0 Å². The van der Waals surface area contributed by atoms with E-state index < -0.39 is 20.0 Å². The molecule has 1 aromatic rings. The quantitative estimate of drug-likeness (QED) is 0.676. The van der Waals surface area contributed by atoms with Crippen LogP contribution in [0.4, 0.5) is 0 Å². The van der Waals surface area contributed by atoms with Gasteiger partial charge >= 0.3 is 0 Å². The maximum Gasteiger partial charge on any atom is 0.211 e. The molecule has 1 aliphatic rings. The second kappa shape index (κ2) is 8.39. The molecule has 136 valence electrons. The molecule has 1 saturated heterocycles. The number of sulfonamides is 2. The molecule has 7 nitrogen and oxygen atoms in total. The van der Waals surface area contributed by atoms with Gasteiger partial charge in [0.1, 0.15) is 0 Å². The SMILES string of the molecule is CS(=O)(=O)N1CCN(CCNS(=O)(=O)CCc2ccccc2)CC1. The van der Waals surface area contributed by atoms with E-state index in [4.69, 9.17) is 0 Å². The summed E-state index contributed by atoms with van der Waals surface area (Å²) in [5, 5.41) is 0. The summed E-state index contributed by atoms with van der Waals surface area (Å²) in [4.78, 5) is 2.07. The Balaban J connectivity index is 1.68. The minimum atomic E-state index is -3.30. The Bertz CT molecular complexity index is 712. The van der Waals surface area contributed by atoms with Gasteiger partial charge < -0.3 is 0 Å². The summed E-state index contributed by atoms with van der Waals surface area (Å²) in [6.07, 6.45) is 1.70. The molecule has 0 spiro atoms. The van der Waals surface area contributed by atoms with Crippen LogP contribution in [0.3, 0.4) is 0 Å². The third-order valence-corrected chi connectivity index (χ3v) is 6.74. The van der Waals surface area contributed by atoms with Gasteiger partial charge in [0.05, 0.1) is 12.0 Å². The second-order valence-corrected chi connectivity index (χ2v) is 9.86. The van der Waals surface area contributed by atoms with Crippen molar-refractivity contribution in [3.63, 3.8) is 0 Å². The third-order valence-electron chi connectivity index (χ3n) is 4.05. The Labute approximate surface area is 144 Å². The van der Waals surface area contributed by atoms with Crippen LogP contribution in [0.15, 0.2) is 30.3 Å². The normalized spacial score (nSPS) is 17.9. The lowest BCUT2D eigenvalue weighted by molar-refractivity contribution is 0.192. The van der Waals surface area contributed by atoms with Crippen LogP contribution in [-0.4, -0.2) is 77.3 Å². The summed E-state index contributed by atoms with van der Waals surface area (Å²) in [6, 6.07) is 9.52. The number of hydrogen-bond acceptors (Lipinski definition) is 5. The fraction of sp³-hybridized carbons (Fsp3) is 0.600. The van der Waals surface area contributed by atoms with Crippen molar-refractivity contribution in [2.24, 2.45) is 0 Å². The Hall–Kier alpha value is -1.00. The fourth-order valence-corrected chi connectivity index (χ4v) is 4.49. The smallest absolute Gasteiger partial charge is 0.211 e. The summed E-state index contributed by atoms with van der Waals surface area (Å²) in [5.74, 6) is 0.0683. The number of aryl methyl sites for hydroxylation is 1. The van der Waals surface area contributed by atoms with E-state index in [1.165, 1.54) is 10.6 Å². The van der Waals surface area contributed by atoms with E-state index in [9.17, 15) is 16.8 Å². The summed E-state index contributed by atoms with van der Waals surface area (Å²) in [7, 11) is -6.43. The molecule has 9 heteroatoms. The van der Waals surface area contributed by atoms with Crippen LogP contribution in [0.25, 0.3) is 0 Å². The van der Waals surface area contributed by atoms with Crippen LogP contribution in [0.5, 0.6) is 0 Å². The van der Waals surface area contributed by atoms with Gasteiger partial charge in [-0.1, -0.05) is 30.3 Å². The molecule has 1 aromatic carbocycles. The van der Waals surface area contributed by atoms with Crippen molar-refractivity contribution in [1.82, 2.24) is 13.9 Å². The largest absolute Gasteiger partial charge is 0.299 e. The van der Waals surface area contributed by atoms with Crippen molar-refractivity contribution in [3.05, 3.63) is 35.9 Å². The van der Waals surface area contributed by atoms with E-state index >= 15 is 0 Å². The monoisotopic (exact) mass is 375 g/mol. The number of nitrogens with zero attached hydrogens (tertiary/aromatic N) is 2. The molecule has 0 radical (unpaired) electrons. The lowest BCUT2D eigenvalue weighted by Gasteiger charge is -2.33. The highest BCUT2D eigenvalue weighted by atomic mass is 32.2. The van der Waals surface area contributed by atoms with Crippen LogP contribution in [-0.2, 0) is 26.5 Å². The maximum atomic E-state index is 12.0. The summed E-state index contributed by atoms with van der Waals surface area (Å²) in [5.41, 5.74) is 1.000. The van der Waals surface area contributed by atoms with Gasteiger partial charge in [-0.3, -0.25) is 4.90 Å². The summed E-state index contributed by atoms with van der Waals surface area (Å²) >= 11 is 0. The Kier molecular flexibility index (Phi) is 6.76. The van der Waals surface area contributed by atoms with Gasteiger partial charge in [0.2, 0.25) is 20.0 Å². The second-order valence-electron chi connectivity index (χ2n) is 5.95. The van der Waals surface area contributed by atoms with Gasteiger partial charge in [0.15, 0.2) is 0 Å². The molecule has 0 unspecified atom stereocenters. The topological polar surface area (TPSA) is 86.8 Å². The van der Waals surface area contributed by atoms with E-state index in [-0.39, 0.29) is 5.75 Å². The van der Waals surface area contributed by atoms with Crippen LogP contribution in [0, 0.1) is 0 Å². The highest BCUT2D eigenvalue weighted by molar-refractivity contribution is 7.89. The zero-order valence-electron chi connectivity index (χ0n) is 13.9. The standard InChI is InChI=1S/C15H25N3O4S2/c1-23(19,20)18-12-10-17(11-13-18)9-8-16-24(21,22)14-7-15-5-3-2-4-6-15/h2-6,16H,7-14H2,1H3. The predicted molar refractivity (Wildman–Crippen MR) is 94.8 cm³/mol. The lowest BCUT2D eigenvalue weighted by Crippen LogP contribution is -2.50. The molecular weight excluding hydrogens is 350 g/mol. The lowest BCUT2D eigenvalue weighted by atomic mass is 10.2. The molecule has 0 aliphatic carbocycles. The zero-order chi connectivity index (χ0) is 17.6. The van der Waals surface area contributed by atoms with E-state index in [1.807, 2.05) is 30.3 Å². The van der Waals surface area contributed by atoms with Crippen LogP contribution in [0.2, 0.25) is 0 Å². The van der Waals surface area contributed by atoms with E-state index in [0.29, 0.717) is 45.7 Å². The molecule has 1 aliphatic heterocycles. The number of benzene rings is 1. The zero-order valence-corrected chi connectivity index (χ0v) is 15.5. The Morgan fingerprint density at radius 2 is 1.62 bits per heavy atom. The number of rotatable bonds is 8. The Morgan fingerprint density at radius 3 is 2.21 bits per heavy atom. The van der Waals surface area contributed by atoms with Crippen molar-refractivity contribution in [2.75, 3.05) is 51.3 Å². The summed E-state index contributed by atoms with van der Waals surface area (Å²) < 4.78 is 51.0. The van der Waals surface area contributed by atoms with Gasteiger partial charge in [0.25, 0.3) is 0 Å². The molecule has 1 N–H and O–H groups in total. The van der Waals surface area contributed by atoms with E-state index in [2.05, 4.69) is 9.62 Å². The van der Waals surface area contributed by atoms with Gasteiger partial charge in [-0.25, -0.2) is 21.6 Å². The van der Waals surface area contributed by atoms with Crippen molar-refractivity contribution in [3.8, 4) is 0 Å². The number of hydrogen-bond donors (Lipinski definition) is 1. The molecule has 1 heterocycles. The van der Waals surface area contributed by atoms with Gasteiger partial charge in [-0.15, -0.1) is 0 Å². The van der Waals surface area contributed by atoms with E-state index in [1.54, 1.807) is 0 Å². The van der Waals surface area contributed by atoms with Gasteiger partial charge in [-0.2, -0.15) is 4.31 Å². The van der Waals surface area contributed by atoms with Crippen LogP contribution >= 0.6 is 0 Å². The minimum Gasteiger partial charge on any atom is -0.299 e. The first kappa shape index (κ1) is 19.3. The third kappa shape index (κ3) is 6.48. The first-order valence-corrected chi connectivity index (χ1v) is 11.4. The fourth-order valence-electron chi connectivity index (χ4n) is 2.61. The summed E-state index contributed by atoms with van der Waals surface area (Å²) in [6.45, 7) is 3.09. The molecular formula is C15H25N3O4S2. The van der Waals surface area contributed by atoms with Crippen molar-refractivity contribution < 1.29 is 16.8 Å². The highest BCUT2D eigenvalue weighted by Crippen LogP contribution is 2.05. The van der Waals surface area contributed by atoms with Gasteiger partial charge in [0, 0.05) is 39.3 Å². The molecule has 0 amide bonds. The predicted octanol–water partition coefficient (Wildman–Crippen LogP) is -0.274. The molecule has 0 atom stereocenters. The Morgan fingerprint density at radius 1 is 1.00 bits per heavy atom. The molecule has 24 heavy (non-hydrogen) atoms. The molecule has 0 saturated carbocycles. The van der Waals surface area contributed by atoms with Crippen molar-refractivity contribution in [2.45, 2.75) is 6.42 Å². The van der Waals surface area contributed by atoms with Crippen LogP contribution < -0.4 is 4.72 Å².